The molecule has 0 saturated carbocycles. The van der Waals surface area contributed by atoms with Crippen molar-refractivity contribution >= 4 is 17.5 Å². The lowest BCUT2D eigenvalue weighted by molar-refractivity contribution is -0.137. The highest BCUT2D eigenvalue weighted by Gasteiger charge is 2.38. The summed E-state index contributed by atoms with van der Waals surface area (Å²) in [5.41, 5.74) is -1.61. The standard InChI is InChI=1S/C13H12F4N2O2/c1-2-9-12(21)18-6-11(20)19(9)10-5-7(13(15,16)17)3-4-8(10)14/h3-5,9H,2,6H2,1H3,(H,18,21). The first-order valence-electron chi connectivity index (χ1n) is 6.22. The van der Waals surface area contributed by atoms with Crippen molar-refractivity contribution < 1.29 is 27.2 Å². The Morgan fingerprint density at radius 3 is 2.57 bits per heavy atom. The Balaban J connectivity index is 2.52. The van der Waals surface area contributed by atoms with Gasteiger partial charge in [-0.2, -0.15) is 13.2 Å². The summed E-state index contributed by atoms with van der Waals surface area (Å²) in [5, 5.41) is 2.32. The molecule has 1 aliphatic rings. The van der Waals surface area contributed by atoms with E-state index in [-0.39, 0.29) is 13.0 Å². The van der Waals surface area contributed by atoms with Gasteiger partial charge < -0.3 is 5.32 Å². The predicted octanol–water partition coefficient (Wildman–Crippen LogP) is 2.09. The molecule has 1 atom stereocenters. The fourth-order valence-electron chi connectivity index (χ4n) is 2.20. The van der Waals surface area contributed by atoms with Crippen molar-refractivity contribution in [3.63, 3.8) is 0 Å². The monoisotopic (exact) mass is 304 g/mol. The van der Waals surface area contributed by atoms with Crippen LogP contribution in [0.2, 0.25) is 0 Å². The highest BCUT2D eigenvalue weighted by molar-refractivity contribution is 6.06. The lowest BCUT2D eigenvalue weighted by Gasteiger charge is -2.34. The maximum absolute atomic E-state index is 13.9. The summed E-state index contributed by atoms with van der Waals surface area (Å²) in [6, 6.07) is 0.761. The van der Waals surface area contributed by atoms with Crippen molar-refractivity contribution in [1.29, 1.82) is 0 Å². The molecule has 0 aliphatic carbocycles. The molecule has 1 unspecified atom stereocenters. The fourth-order valence-corrected chi connectivity index (χ4v) is 2.20. The Bertz CT molecular complexity index is 586. The minimum atomic E-state index is -4.66. The van der Waals surface area contributed by atoms with Gasteiger partial charge >= 0.3 is 6.18 Å². The first-order valence-corrected chi connectivity index (χ1v) is 6.22. The first-order chi connectivity index (χ1) is 9.75. The number of carbonyl (C=O) groups excluding carboxylic acids is 2. The van der Waals surface area contributed by atoms with Crippen molar-refractivity contribution in [2.75, 3.05) is 11.4 Å². The van der Waals surface area contributed by atoms with E-state index >= 15 is 0 Å². The van der Waals surface area contributed by atoms with Gasteiger partial charge in [-0.3, -0.25) is 14.5 Å². The normalized spacial score (nSPS) is 19.7. The van der Waals surface area contributed by atoms with Gasteiger partial charge in [-0.05, 0) is 24.6 Å². The maximum atomic E-state index is 13.9. The Hall–Kier alpha value is -2.12. The fraction of sp³-hybridized carbons (Fsp3) is 0.385. The van der Waals surface area contributed by atoms with E-state index in [1.54, 1.807) is 6.92 Å². The van der Waals surface area contributed by atoms with Gasteiger partial charge in [0.2, 0.25) is 11.8 Å². The minimum absolute atomic E-state index is 0.160. The average Bonchev–Trinajstić information content (AvgIpc) is 2.40. The molecule has 1 N–H and O–H groups in total. The van der Waals surface area contributed by atoms with Gasteiger partial charge in [-0.15, -0.1) is 0 Å². The zero-order chi connectivity index (χ0) is 15.8. The minimum Gasteiger partial charge on any atom is -0.345 e. The summed E-state index contributed by atoms with van der Waals surface area (Å²) in [4.78, 5) is 24.4. The van der Waals surface area contributed by atoms with E-state index in [2.05, 4.69) is 5.32 Å². The van der Waals surface area contributed by atoms with Crippen LogP contribution in [0.15, 0.2) is 18.2 Å². The number of amides is 2. The van der Waals surface area contributed by atoms with Gasteiger partial charge in [-0.25, -0.2) is 4.39 Å². The second-order valence-corrected chi connectivity index (χ2v) is 4.57. The van der Waals surface area contributed by atoms with Crippen LogP contribution in [0.3, 0.4) is 0 Å². The number of hydrogen-bond acceptors (Lipinski definition) is 2. The van der Waals surface area contributed by atoms with E-state index in [1.165, 1.54) is 0 Å². The molecule has 4 nitrogen and oxygen atoms in total. The smallest absolute Gasteiger partial charge is 0.345 e. The van der Waals surface area contributed by atoms with E-state index in [4.69, 9.17) is 0 Å². The van der Waals surface area contributed by atoms with Crippen LogP contribution in [0, 0.1) is 5.82 Å². The number of nitrogens with zero attached hydrogens (tertiary/aromatic N) is 1. The number of piperazine rings is 1. The molecule has 1 aromatic carbocycles. The molecule has 0 spiro atoms. The van der Waals surface area contributed by atoms with Gasteiger partial charge in [0, 0.05) is 0 Å². The molecule has 0 aromatic heterocycles. The average molecular weight is 304 g/mol. The van der Waals surface area contributed by atoms with Gasteiger partial charge in [0.25, 0.3) is 0 Å². The molecule has 1 saturated heterocycles. The second kappa shape index (κ2) is 5.34. The van der Waals surface area contributed by atoms with Crippen LogP contribution in [-0.4, -0.2) is 24.4 Å². The van der Waals surface area contributed by atoms with Crippen LogP contribution in [0.25, 0.3) is 0 Å². The van der Waals surface area contributed by atoms with Crippen LogP contribution in [0.4, 0.5) is 23.2 Å². The number of halogens is 4. The molecule has 8 heteroatoms. The van der Waals surface area contributed by atoms with Crippen molar-refractivity contribution in [2.45, 2.75) is 25.6 Å². The zero-order valence-electron chi connectivity index (χ0n) is 11.0. The Kier molecular flexibility index (Phi) is 3.89. The summed E-state index contributed by atoms with van der Waals surface area (Å²) < 4.78 is 52.0. The highest BCUT2D eigenvalue weighted by Crippen LogP contribution is 2.34. The molecule has 1 fully saturated rings. The van der Waals surface area contributed by atoms with Crippen LogP contribution >= 0.6 is 0 Å². The largest absolute Gasteiger partial charge is 0.416 e. The molecule has 1 aromatic rings. The van der Waals surface area contributed by atoms with Crippen molar-refractivity contribution in [2.24, 2.45) is 0 Å². The Morgan fingerprint density at radius 1 is 1.33 bits per heavy atom. The molecule has 0 radical (unpaired) electrons. The van der Waals surface area contributed by atoms with E-state index in [0.29, 0.717) is 18.2 Å². The molecule has 2 amide bonds. The third-order valence-electron chi connectivity index (χ3n) is 3.22. The molecule has 114 valence electrons. The second-order valence-electron chi connectivity index (χ2n) is 4.57. The SMILES string of the molecule is CCC1C(=O)NCC(=O)N1c1cc(C(F)(F)F)ccc1F. The van der Waals surface area contributed by atoms with Crippen LogP contribution in [-0.2, 0) is 15.8 Å². The molecule has 2 rings (SSSR count). The lowest BCUT2D eigenvalue weighted by atomic mass is 10.1. The van der Waals surface area contributed by atoms with E-state index in [1.807, 2.05) is 0 Å². The third-order valence-corrected chi connectivity index (χ3v) is 3.22. The topological polar surface area (TPSA) is 49.4 Å². The number of nitrogens with one attached hydrogen (secondary N) is 1. The summed E-state index contributed by atoms with van der Waals surface area (Å²) >= 11 is 0. The van der Waals surface area contributed by atoms with Gasteiger partial charge in [0.05, 0.1) is 17.8 Å². The number of rotatable bonds is 2. The highest BCUT2D eigenvalue weighted by atomic mass is 19.4. The molecule has 21 heavy (non-hydrogen) atoms. The Morgan fingerprint density at radius 2 is 2.00 bits per heavy atom. The molecular weight excluding hydrogens is 292 g/mol. The van der Waals surface area contributed by atoms with Gasteiger partial charge in [0.1, 0.15) is 11.9 Å². The van der Waals surface area contributed by atoms with Gasteiger partial charge in [0.15, 0.2) is 0 Å². The van der Waals surface area contributed by atoms with Crippen molar-refractivity contribution in [3.8, 4) is 0 Å². The lowest BCUT2D eigenvalue weighted by Crippen LogP contribution is -2.58. The summed E-state index contributed by atoms with van der Waals surface area (Å²) in [6.07, 6.45) is -4.50. The molecule has 0 bridgehead atoms. The summed E-state index contributed by atoms with van der Waals surface area (Å²) in [6.45, 7) is 1.21. The first kappa shape index (κ1) is 15.3. The third kappa shape index (κ3) is 2.84. The van der Waals surface area contributed by atoms with Crippen LogP contribution in [0.1, 0.15) is 18.9 Å². The van der Waals surface area contributed by atoms with Crippen molar-refractivity contribution in [1.82, 2.24) is 5.32 Å². The van der Waals surface area contributed by atoms with Crippen molar-refractivity contribution in [3.05, 3.63) is 29.6 Å². The van der Waals surface area contributed by atoms with Crippen LogP contribution < -0.4 is 10.2 Å². The summed E-state index contributed by atoms with van der Waals surface area (Å²) in [7, 11) is 0. The number of anilines is 1. The van der Waals surface area contributed by atoms with E-state index in [9.17, 15) is 27.2 Å². The number of alkyl halides is 3. The van der Waals surface area contributed by atoms with E-state index < -0.39 is 41.1 Å². The number of hydrogen-bond donors (Lipinski definition) is 1. The molecular formula is C13H12F4N2O2. The zero-order valence-corrected chi connectivity index (χ0v) is 11.0. The summed E-state index contributed by atoms with van der Waals surface area (Å²) in [5.74, 6) is -2.15. The Labute approximate surface area is 117 Å². The van der Waals surface area contributed by atoms with E-state index in [0.717, 1.165) is 4.90 Å². The molecule has 1 heterocycles. The number of benzene rings is 1. The van der Waals surface area contributed by atoms with Crippen LogP contribution in [0.5, 0.6) is 0 Å². The number of carbonyl (C=O) groups is 2. The predicted molar refractivity (Wildman–Crippen MR) is 66.0 cm³/mol. The maximum Gasteiger partial charge on any atom is 0.416 e. The quantitative estimate of drug-likeness (QED) is 0.851. The van der Waals surface area contributed by atoms with Gasteiger partial charge in [-0.1, -0.05) is 6.92 Å². The molecule has 1 aliphatic heterocycles.